The molecule has 74 valence electrons. The van der Waals surface area contributed by atoms with E-state index in [4.69, 9.17) is 0 Å². The predicted molar refractivity (Wildman–Crippen MR) is 59.7 cm³/mol. The molecule has 1 rings (SSSR count). The summed E-state index contributed by atoms with van der Waals surface area (Å²) in [5.41, 5.74) is 1.66. The largest absolute Gasteiger partial charge is 0.224 e. The lowest BCUT2D eigenvalue weighted by Crippen LogP contribution is -1.97. The Bertz CT molecular complexity index is 470. The second kappa shape index (κ2) is 3.80. The van der Waals surface area contributed by atoms with E-state index in [2.05, 4.69) is 13.2 Å². The molecule has 0 spiro atoms. The summed E-state index contributed by atoms with van der Waals surface area (Å²) < 4.78 is 22.5. The Labute approximate surface area is 84.5 Å². The maximum atomic E-state index is 11.2. The van der Waals surface area contributed by atoms with E-state index in [1.54, 1.807) is 30.4 Å². The fourth-order valence-electron chi connectivity index (χ4n) is 1.15. The minimum Gasteiger partial charge on any atom is -0.224 e. The van der Waals surface area contributed by atoms with E-state index >= 15 is 0 Å². The van der Waals surface area contributed by atoms with Crippen molar-refractivity contribution in [2.75, 3.05) is 6.26 Å². The van der Waals surface area contributed by atoms with E-state index in [1.807, 2.05) is 0 Å². The van der Waals surface area contributed by atoms with Gasteiger partial charge in [-0.05, 0) is 23.3 Å². The highest BCUT2D eigenvalue weighted by atomic mass is 32.2. The molecular weight excluding hydrogens is 196 g/mol. The fraction of sp³-hybridized carbons (Fsp3) is 0.0909. The lowest BCUT2D eigenvalue weighted by molar-refractivity contribution is 0.602. The summed E-state index contributed by atoms with van der Waals surface area (Å²) in [7, 11) is -3.14. The zero-order chi connectivity index (χ0) is 10.8. The van der Waals surface area contributed by atoms with Gasteiger partial charge in [0.25, 0.3) is 0 Å². The summed E-state index contributed by atoms with van der Waals surface area (Å²) in [5, 5.41) is 0. The first-order valence-electron chi connectivity index (χ1n) is 4.08. The lowest BCUT2D eigenvalue weighted by Gasteiger charge is -2.03. The highest BCUT2D eigenvalue weighted by molar-refractivity contribution is 7.90. The van der Waals surface area contributed by atoms with Crippen LogP contribution in [0.1, 0.15) is 11.1 Å². The number of sulfone groups is 1. The highest BCUT2D eigenvalue weighted by Crippen LogP contribution is 2.17. The SMILES string of the molecule is C=Cc1ccc(S(C)(=O)=O)cc1C=C. The molecule has 14 heavy (non-hydrogen) atoms. The van der Waals surface area contributed by atoms with E-state index in [-0.39, 0.29) is 0 Å². The summed E-state index contributed by atoms with van der Waals surface area (Å²) >= 11 is 0. The Morgan fingerprint density at radius 2 is 1.71 bits per heavy atom. The molecule has 3 heteroatoms. The van der Waals surface area contributed by atoms with Crippen molar-refractivity contribution in [3.8, 4) is 0 Å². The first-order chi connectivity index (χ1) is 6.49. The van der Waals surface area contributed by atoms with Crippen molar-refractivity contribution >= 4 is 22.0 Å². The average molecular weight is 208 g/mol. The highest BCUT2D eigenvalue weighted by Gasteiger charge is 2.07. The van der Waals surface area contributed by atoms with Crippen molar-refractivity contribution in [3.63, 3.8) is 0 Å². The second-order valence-corrected chi connectivity index (χ2v) is 4.99. The van der Waals surface area contributed by atoms with Crippen LogP contribution in [0, 0.1) is 0 Å². The van der Waals surface area contributed by atoms with Gasteiger partial charge in [-0.15, -0.1) is 0 Å². The summed E-state index contributed by atoms with van der Waals surface area (Å²) in [6, 6.07) is 4.89. The van der Waals surface area contributed by atoms with Crippen LogP contribution in [-0.2, 0) is 9.84 Å². The molecule has 1 aromatic carbocycles. The summed E-state index contributed by atoms with van der Waals surface area (Å²) in [6.07, 6.45) is 4.47. The third kappa shape index (κ3) is 2.12. The number of hydrogen-bond donors (Lipinski definition) is 0. The zero-order valence-electron chi connectivity index (χ0n) is 8.03. The first-order valence-corrected chi connectivity index (χ1v) is 5.97. The van der Waals surface area contributed by atoms with E-state index in [0.29, 0.717) is 4.90 Å². The van der Waals surface area contributed by atoms with Gasteiger partial charge in [0.15, 0.2) is 9.84 Å². The van der Waals surface area contributed by atoms with E-state index in [0.717, 1.165) is 11.1 Å². The molecule has 0 aliphatic heterocycles. The van der Waals surface area contributed by atoms with E-state index in [1.165, 1.54) is 6.26 Å². The summed E-state index contributed by atoms with van der Waals surface area (Å²) in [4.78, 5) is 0.304. The van der Waals surface area contributed by atoms with Gasteiger partial charge in [0.1, 0.15) is 0 Å². The molecule has 1 aromatic rings. The van der Waals surface area contributed by atoms with Gasteiger partial charge >= 0.3 is 0 Å². The number of rotatable bonds is 3. The molecule has 0 N–H and O–H groups in total. The normalized spacial score (nSPS) is 10.9. The van der Waals surface area contributed by atoms with Gasteiger partial charge in [0.05, 0.1) is 4.90 Å². The van der Waals surface area contributed by atoms with Crippen molar-refractivity contribution in [1.82, 2.24) is 0 Å². The van der Waals surface area contributed by atoms with Crippen LogP contribution in [0.4, 0.5) is 0 Å². The van der Waals surface area contributed by atoms with Crippen LogP contribution in [0.15, 0.2) is 36.3 Å². The average Bonchev–Trinajstić information content (AvgIpc) is 2.15. The Hall–Kier alpha value is -1.35. The third-order valence-corrected chi connectivity index (χ3v) is 3.04. The van der Waals surface area contributed by atoms with Gasteiger partial charge in [-0.2, -0.15) is 0 Å². The zero-order valence-corrected chi connectivity index (χ0v) is 8.84. The fourth-order valence-corrected chi connectivity index (χ4v) is 1.80. The van der Waals surface area contributed by atoms with E-state index in [9.17, 15) is 8.42 Å². The van der Waals surface area contributed by atoms with Crippen molar-refractivity contribution < 1.29 is 8.42 Å². The van der Waals surface area contributed by atoms with Crippen molar-refractivity contribution in [2.24, 2.45) is 0 Å². The third-order valence-electron chi connectivity index (χ3n) is 1.93. The number of benzene rings is 1. The van der Waals surface area contributed by atoms with Crippen LogP contribution < -0.4 is 0 Å². The van der Waals surface area contributed by atoms with Crippen LogP contribution in [0.5, 0.6) is 0 Å². The standard InChI is InChI=1S/C11H12O2S/c1-4-9-6-7-11(14(3,12)13)8-10(9)5-2/h4-8H,1-2H2,3H3. The molecule has 0 bridgehead atoms. The first kappa shape index (κ1) is 10.7. The molecule has 2 nitrogen and oxygen atoms in total. The van der Waals surface area contributed by atoms with Crippen molar-refractivity contribution in [2.45, 2.75) is 4.90 Å². The minimum absolute atomic E-state index is 0.304. The molecule has 0 aromatic heterocycles. The molecule has 0 aliphatic carbocycles. The van der Waals surface area contributed by atoms with Gasteiger partial charge in [-0.25, -0.2) is 8.42 Å². The van der Waals surface area contributed by atoms with Gasteiger partial charge < -0.3 is 0 Å². The summed E-state index contributed by atoms with van der Waals surface area (Å²) in [5.74, 6) is 0. The van der Waals surface area contributed by atoms with Crippen molar-refractivity contribution in [3.05, 3.63) is 42.5 Å². The molecule has 0 radical (unpaired) electrons. The lowest BCUT2D eigenvalue weighted by atomic mass is 10.1. The smallest absolute Gasteiger partial charge is 0.175 e. The molecule has 0 unspecified atom stereocenters. The Morgan fingerprint density at radius 1 is 1.14 bits per heavy atom. The molecule has 0 aliphatic rings. The van der Waals surface area contributed by atoms with Crippen LogP contribution in [0.25, 0.3) is 12.2 Å². The molecular formula is C11H12O2S. The predicted octanol–water partition coefficient (Wildman–Crippen LogP) is 2.38. The van der Waals surface area contributed by atoms with Gasteiger partial charge in [0, 0.05) is 6.26 Å². The molecule has 0 saturated carbocycles. The topological polar surface area (TPSA) is 34.1 Å². The van der Waals surface area contributed by atoms with Gasteiger partial charge in [0.2, 0.25) is 0 Å². The quantitative estimate of drug-likeness (QED) is 0.764. The van der Waals surface area contributed by atoms with E-state index < -0.39 is 9.84 Å². The maximum absolute atomic E-state index is 11.2. The molecule has 0 heterocycles. The molecule has 0 atom stereocenters. The second-order valence-electron chi connectivity index (χ2n) is 2.97. The molecule has 0 saturated heterocycles. The monoisotopic (exact) mass is 208 g/mol. The molecule has 0 fully saturated rings. The Morgan fingerprint density at radius 3 is 2.14 bits per heavy atom. The molecule has 0 amide bonds. The van der Waals surface area contributed by atoms with Gasteiger partial charge in [-0.3, -0.25) is 0 Å². The maximum Gasteiger partial charge on any atom is 0.175 e. The Kier molecular flexibility index (Phi) is 2.91. The Balaban J connectivity index is 3.42. The van der Waals surface area contributed by atoms with Gasteiger partial charge in [-0.1, -0.05) is 31.4 Å². The van der Waals surface area contributed by atoms with Crippen LogP contribution in [-0.4, -0.2) is 14.7 Å². The van der Waals surface area contributed by atoms with Crippen LogP contribution in [0.3, 0.4) is 0 Å². The van der Waals surface area contributed by atoms with Crippen LogP contribution in [0.2, 0.25) is 0 Å². The number of hydrogen-bond acceptors (Lipinski definition) is 2. The van der Waals surface area contributed by atoms with Crippen molar-refractivity contribution in [1.29, 1.82) is 0 Å². The van der Waals surface area contributed by atoms with Crippen LogP contribution >= 0.6 is 0 Å². The summed E-state index contributed by atoms with van der Waals surface area (Å²) in [6.45, 7) is 7.25. The minimum atomic E-state index is -3.14.